The van der Waals surface area contributed by atoms with Crippen LogP contribution in [0.15, 0.2) is 58.3 Å². The van der Waals surface area contributed by atoms with Gasteiger partial charge >= 0.3 is 0 Å². The predicted octanol–water partition coefficient (Wildman–Crippen LogP) is 2.33. The molecule has 0 bridgehead atoms. The molecule has 2 N–H and O–H groups in total. The minimum atomic E-state index is -3.97. The minimum absolute atomic E-state index is 0.0713. The Morgan fingerprint density at radius 2 is 0.837 bits per heavy atom. The van der Waals surface area contributed by atoms with Gasteiger partial charge in [0.05, 0.1) is 49.4 Å². The van der Waals surface area contributed by atoms with E-state index in [1.54, 1.807) is 52.0 Å². The molecule has 2 unspecified atom stereocenters. The maximum Gasteiger partial charge on any atom is 0.241 e. The fourth-order valence-electron chi connectivity index (χ4n) is 5.03. The molecule has 1 heterocycles. The van der Waals surface area contributed by atoms with Crippen LogP contribution in [-0.4, -0.2) is 116 Å². The second kappa shape index (κ2) is 18.9. The van der Waals surface area contributed by atoms with Crippen molar-refractivity contribution < 1.29 is 40.6 Å². The number of ether oxygens (including phenoxy) is 3. The van der Waals surface area contributed by atoms with Crippen molar-refractivity contribution in [3.8, 4) is 0 Å². The number of carbonyl (C=O) groups excluding carboxylic acids is 2. The Hall–Kier alpha value is -2.92. The molecule has 0 spiro atoms. The lowest BCUT2D eigenvalue weighted by Crippen LogP contribution is -2.53. The van der Waals surface area contributed by atoms with Crippen molar-refractivity contribution in [2.24, 2.45) is 11.8 Å². The Labute approximate surface area is 291 Å². The number of hydrogen-bond acceptors (Lipinski definition) is 9. The van der Waals surface area contributed by atoms with Crippen molar-refractivity contribution in [3.63, 3.8) is 0 Å². The molecule has 2 aromatic carbocycles. The van der Waals surface area contributed by atoms with Crippen LogP contribution in [0.2, 0.25) is 0 Å². The number of carbonyl (C=O) groups is 2. The second-order valence-electron chi connectivity index (χ2n) is 12.8. The molecule has 3 rings (SSSR count). The maximum absolute atomic E-state index is 13.8. The molecule has 0 saturated carbocycles. The summed E-state index contributed by atoms with van der Waals surface area (Å²) in [7, 11) is -7.94. The van der Waals surface area contributed by atoms with Gasteiger partial charge in [0, 0.05) is 26.2 Å². The molecule has 1 aliphatic rings. The van der Waals surface area contributed by atoms with E-state index in [9.17, 15) is 26.4 Å². The molecule has 0 aliphatic carbocycles. The van der Waals surface area contributed by atoms with Crippen LogP contribution in [0.5, 0.6) is 0 Å². The van der Waals surface area contributed by atoms with Crippen LogP contribution in [0.4, 0.5) is 0 Å². The number of hydrogen-bond donors (Lipinski definition) is 2. The lowest BCUT2D eigenvalue weighted by Gasteiger charge is -2.30. The lowest BCUT2D eigenvalue weighted by atomic mass is 10.0. The number of nitrogens with zero attached hydrogens (tertiary/aromatic N) is 2. The van der Waals surface area contributed by atoms with Crippen LogP contribution in [0.25, 0.3) is 0 Å². The number of sulfonamides is 2. The Morgan fingerprint density at radius 3 is 1.12 bits per heavy atom. The highest BCUT2D eigenvalue weighted by Gasteiger charge is 2.33. The molecule has 2 amide bonds. The van der Waals surface area contributed by atoms with Crippen LogP contribution in [0.3, 0.4) is 0 Å². The summed E-state index contributed by atoms with van der Waals surface area (Å²) in [5.41, 5.74) is 1.83. The highest BCUT2D eigenvalue weighted by Crippen LogP contribution is 2.16. The summed E-state index contributed by atoms with van der Waals surface area (Å²) in [6.07, 6.45) is 0. The van der Waals surface area contributed by atoms with Crippen LogP contribution in [0.1, 0.15) is 38.8 Å². The fourth-order valence-corrected chi connectivity index (χ4v) is 7.70. The average molecular weight is 725 g/mol. The summed E-state index contributed by atoms with van der Waals surface area (Å²) >= 11 is 0. The van der Waals surface area contributed by atoms with Crippen LogP contribution in [-0.2, 0) is 43.8 Å². The minimum Gasteiger partial charge on any atom is -0.378 e. The van der Waals surface area contributed by atoms with Gasteiger partial charge in [0.1, 0.15) is 12.1 Å². The van der Waals surface area contributed by atoms with E-state index in [0.29, 0.717) is 0 Å². The highest BCUT2D eigenvalue weighted by molar-refractivity contribution is 7.89. The second-order valence-corrected chi connectivity index (χ2v) is 16.2. The Bertz CT molecular complexity index is 1450. The Balaban J connectivity index is 1.70. The summed E-state index contributed by atoms with van der Waals surface area (Å²) in [4.78, 5) is 30.7. The molecule has 1 saturated heterocycles. The third-order valence-corrected chi connectivity index (χ3v) is 11.0. The van der Waals surface area contributed by atoms with E-state index in [1.807, 2.05) is 13.8 Å². The summed E-state index contributed by atoms with van der Waals surface area (Å²) in [6.45, 7) is 12.7. The molecule has 0 radical (unpaired) electrons. The largest absolute Gasteiger partial charge is 0.378 e. The van der Waals surface area contributed by atoms with E-state index < -0.39 is 43.9 Å². The van der Waals surface area contributed by atoms with Crippen molar-refractivity contribution in [2.75, 3.05) is 65.8 Å². The smallest absolute Gasteiger partial charge is 0.241 e. The van der Waals surface area contributed by atoms with E-state index in [0.717, 1.165) is 11.1 Å². The number of amides is 2. The Kier molecular flexibility index (Phi) is 15.6. The van der Waals surface area contributed by atoms with Gasteiger partial charge in [0.2, 0.25) is 31.9 Å². The van der Waals surface area contributed by atoms with Gasteiger partial charge in [-0.15, -0.1) is 0 Å². The van der Waals surface area contributed by atoms with Crippen molar-refractivity contribution in [3.05, 3.63) is 59.7 Å². The molecule has 49 heavy (non-hydrogen) atoms. The third-order valence-electron chi connectivity index (χ3n) is 8.11. The first-order valence-corrected chi connectivity index (χ1v) is 19.6. The number of rotatable bonds is 10. The summed E-state index contributed by atoms with van der Waals surface area (Å²) in [6, 6.07) is 10.8. The molecule has 274 valence electrons. The van der Waals surface area contributed by atoms with Crippen LogP contribution < -0.4 is 9.44 Å². The first kappa shape index (κ1) is 40.5. The number of nitrogens with one attached hydrogen (secondary N) is 2. The van der Waals surface area contributed by atoms with Gasteiger partial charge in [0.15, 0.2) is 0 Å². The van der Waals surface area contributed by atoms with Gasteiger partial charge in [-0.1, -0.05) is 63.1 Å². The molecule has 15 heteroatoms. The molecule has 0 aromatic heterocycles. The monoisotopic (exact) mass is 724 g/mol. The van der Waals surface area contributed by atoms with E-state index in [2.05, 4.69) is 9.44 Å². The van der Waals surface area contributed by atoms with E-state index in [-0.39, 0.29) is 87.4 Å². The quantitative estimate of drug-likeness (QED) is 0.375. The summed E-state index contributed by atoms with van der Waals surface area (Å²) in [5.74, 6) is -1.51. The topological polar surface area (TPSA) is 161 Å². The van der Waals surface area contributed by atoms with Gasteiger partial charge in [-0.2, -0.15) is 9.44 Å². The number of aryl methyl sites for hydroxylation is 2. The van der Waals surface area contributed by atoms with Gasteiger partial charge < -0.3 is 24.0 Å². The van der Waals surface area contributed by atoms with Gasteiger partial charge in [0.25, 0.3) is 0 Å². The SMILES string of the molecule is Cc1ccc(S(=O)(=O)NC(C(=O)N2CCOCCOCCN(C(=O)C(NS(=O)(=O)c3ccc(C)cc3)C(C)C)CCOCC2)C(C)C)cc1. The summed E-state index contributed by atoms with van der Waals surface area (Å²) in [5, 5.41) is 0. The maximum atomic E-state index is 13.8. The van der Waals surface area contributed by atoms with E-state index in [1.165, 1.54) is 34.1 Å². The standard InChI is InChI=1S/C34H52N4O9S2/c1-25(2)31(35-48(41,42)29-11-7-27(5)8-12-29)33(39)37-15-19-45-20-16-38(18-22-47-24-23-46-21-17-37)34(40)32(26(3)4)36-49(43,44)30-13-9-28(6)10-14-30/h7-14,25-26,31-32,35-36H,15-24H2,1-6H3. The highest BCUT2D eigenvalue weighted by atomic mass is 32.2. The molecule has 13 nitrogen and oxygen atoms in total. The molecular formula is C34H52N4O9S2. The molecular weight excluding hydrogens is 673 g/mol. The first-order chi connectivity index (χ1) is 23.1. The molecule has 2 atom stereocenters. The molecule has 1 aliphatic heterocycles. The fraction of sp³-hybridized carbons (Fsp3) is 0.588. The Morgan fingerprint density at radius 1 is 0.551 bits per heavy atom. The lowest BCUT2D eigenvalue weighted by molar-refractivity contribution is -0.135. The molecule has 1 fully saturated rings. The zero-order valence-electron chi connectivity index (χ0n) is 29.4. The van der Waals surface area contributed by atoms with Crippen LogP contribution in [0, 0.1) is 25.7 Å². The first-order valence-electron chi connectivity index (χ1n) is 16.6. The zero-order valence-corrected chi connectivity index (χ0v) is 31.0. The average Bonchev–Trinajstić information content (AvgIpc) is 3.05. The van der Waals surface area contributed by atoms with Crippen molar-refractivity contribution in [2.45, 2.75) is 63.4 Å². The van der Waals surface area contributed by atoms with Crippen molar-refractivity contribution >= 4 is 31.9 Å². The van der Waals surface area contributed by atoms with E-state index >= 15 is 0 Å². The number of benzene rings is 2. The van der Waals surface area contributed by atoms with Gasteiger partial charge in [-0.3, -0.25) is 9.59 Å². The van der Waals surface area contributed by atoms with Crippen LogP contribution >= 0.6 is 0 Å². The van der Waals surface area contributed by atoms with Gasteiger partial charge in [-0.05, 0) is 49.9 Å². The zero-order chi connectivity index (χ0) is 36.2. The summed E-state index contributed by atoms with van der Waals surface area (Å²) < 4.78 is 75.2. The van der Waals surface area contributed by atoms with Crippen molar-refractivity contribution in [1.29, 1.82) is 0 Å². The molecule has 2 aromatic rings. The van der Waals surface area contributed by atoms with Gasteiger partial charge in [-0.25, -0.2) is 16.8 Å². The predicted molar refractivity (Wildman–Crippen MR) is 186 cm³/mol. The van der Waals surface area contributed by atoms with Crippen molar-refractivity contribution in [1.82, 2.24) is 19.2 Å². The van der Waals surface area contributed by atoms with E-state index in [4.69, 9.17) is 14.2 Å². The third kappa shape index (κ3) is 12.4. The normalized spacial score (nSPS) is 17.7.